The zero-order valence-electron chi connectivity index (χ0n) is 16.8. The number of anilines is 1. The van der Waals surface area contributed by atoms with E-state index in [0.29, 0.717) is 13.1 Å². The summed E-state index contributed by atoms with van der Waals surface area (Å²) in [5, 5.41) is 10.9. The highest BCUT2D eigenvalue weighted by molar-refractivity contribution is 7.99. The summed E-state index contributed by atoms with van der Waals surface area (Å²) in [7, 11) is 1.65. The number of piperidine rings is 1. The number of rotatable bonds is 4. The maximum absolute atomic E-state index is 13.2. The number of nitrogens with zero attached hydrogens (tertiary/aromatic N) is 2. The fourth-order valence-electron chi connectivity index (χ4n) is 4.09. The Balaban J connectivity index is 1.59. The van der Waals surface area contributed by atoms with Crippen molar-refractivity contribution in [3.05, 3.63) is 54.1 Å². The van der Waals surface area contributed by atoms with E-state index in [1.807, 2.05) is 48.5 Å². The van der Waals surface area contributed by atoms with Crippen molar-refractivity contribution in [3.8, 4) is 5.75 Å². The first-order chi connectivity index (χ1) is 14.2. The average molecular weight is 413 g/mol. The van der Waals surface area contributed by atoms with Crippen LogP contribution >= 0.6 is 11.8 Å². The van der Waals surface area contributed by atoms with Crippen molar-refractivity contribution in [2.45, 2.75) is 35.5 Å². The molecule has 2 atom stereocenters. The smallest absolute Gasteiger partial charge is 0.241 e. The van der Waals surface area contributed by atoms with E-state index in [1.54, 1.807) is 23.8 Å². The molecule has 0 bridgehead atoms. The number of aliphatic hydroxyl groups excluding tert-OH is 1. The van der Waals surface area contributed by atoms with Gasteiger partial charge in [-0.25, -0.2) is 0 Å². The van der Waals surface area contributed by atoms with Crippen LogP contribution in [0, 0.1) is 0 Å². The Hall–Kier alpha value is -2.02. The van der Waals surface area contributed by atoms with E-state index >= 15 is 0 Å². The molecule has 0 aliphatic carbocycles. The van der Waals surface area contributed by atoms with Crippen LogP contribution < -0.4 is 9.64 Å². The number of β-amino-alcohol motifs (C(OH)–C–C–N with tert-alkyl or cyclic N) is 1. The van der Waals surface area contributed by atoms with E-state index < -0.39 is 6.10 Å². The summed E-state index contributed by atoms with van der Waals surface area (Å²) in [6.07, 6.45) is 2.89. The van der Waals surface area contributed by atoms with Gasteiger partial charge in [0.15, 0.2) is 0 Å². The van der Waals surface area contributed by atoms with Gasteiger partial charge in [0, 0.05) is 4.90 Å². The monoisotopic (exact) mass is 412 g/mol. The van der Waals surface area contributed by atoms with Gasteiger partial charge in [-0.05, 0) is 55.8 Å². The van der Waals surface area contributed by atoms with Gasteiger partial charge in [0.05, 0.1) is 37.2 Å². The standard InChI is InChI=1S/C23H28N2O3S/c1-28-18-11-9-17(10-12-18)23-20(26)15-25(19-7-3-4-8-21(19)29-23)22(27)16-24-13-5-2-6-14-24/h3-4,7-12,20,23,26H,2,5-6,13-16H2,1H3/t20-,23-/m0/s1. The molecule has 0 unspecified atom stereocenters. The minimum atomic E-state index is -0.661. The van der Waals surface area contributed by atoms with Gasteiger partial charge in [-0.2, -0.15) is 0 Å². The Labute approximate surface area is 176 Å². The van der Waals surface area contributed by atoms with Crippen LogP contribution in [0.1, 0.15) is 30.1 Å². The molecular weight excluding hydrogens is 384 g/mol. The average Bonchev–Trinajstić information content (AvgIpc) is 2.91. The minimum Gasteiger partial charge on any atom is -0.497 e. The number of likely N-dealkylation sites (tertiary alicyclic amines) is 1. The number of ether oxygens (including phenoxy) is 1. The lowest BCUT2D eigenvalue weighted by Crippen LogP contribution is -2.45. The normalized spacial score (nSPS) is 22.6. The summed E-state index contributed by atoms with van der Waals surface area (Å²) in [6, 6.07) is 15.8. The van der Waals surface area contributed by atoms with Gasteiger partial charge in [-0.3, -0.25) is 9.69 Å². The molecule has 2 aromatic carbocycles. The molecule has 2 heterocycles. The number of hydrogen-bond acceptors (Lipinski definition) is 5. The van der Waals surface area contributed by atoms with Crippen LogP contribution in [0.3, 0.4) is 0 Å². The molecule has 2 aliphatic heterocycles. The predicted octanol–water partition coefficient (Wildman–Crippen LogP) is 3.72. The molecule has 0 aromatic heterocycles. The molecule has 1 saturated heterocycles. The zero-order valence-corrected chi connectivity index (χ0v) is 17.6. The van der Waals surface area contributed by atoms with Gasteiger partial charge in [-0.15, -0.1) is 11.8 Å². The Bertz CT molecular complexity index is 836. The van der Waals surface area contributed by atoms with Crippen LogP contribution in [0.25, 0.3) is 0 Å². The largest absolute Gasteiger partial charge is 0.497 e. The highest BCUT2D eigenvalue weighted by Gasteiger charge is 2.33. The molecule has 6 heteroatoms. The first kappa shape index (κ1) is 20.3. The molecule has 1 N–H and O–H groups in total. The van der Waals surface area contributed by atoms with Crippen molar-refractivity contribution in [2.75, 3.05) is 38.2 Å². The second kappa shape index (κ2) is 9.20. The van der Waals surface area contributed by atoms with Crippen molar-refractivity contribution in [2.24, 2.45) is 0 Å². The summed E-state index contributed by atoms with van der Waals surface area (Å²) in [5.74, 6) is 0.856. The molecule has 5 nitrogen and oxygen atoms in total. The van der Waals surface area contributed by atoms with E-state index in [-0.39, 0.29) is 11.2 Å². The minimum absolute atomic E-state index is 0.0642. The highest BCUT2D eigenvalue weighted by Crippen LogP contribution is 2.45. The Kier molecular flexibility index (Phi) is 6.43. The van der Waals surface area contributed by atoms with E-state index in [4.69, 9.17) is 4.74 Å². The van der Waals surface area contributed by atoms with Gasteiger partial charge in [0.2, 0.25) is 5.91 Å². The van der Waals surface area contributed by atoms with E-state index in [1.165, 1.54) is 6.42 Å². The molecule has 2 aliphatic rings. The number of para-hydroxylation sites is 1. The number of amides is 1. The number of carbonyl (C=O) groups excluding carboxylic acids is 1. The summed E-state index contributed by atoms with van der Waals surface area (Å²) in [5.41, 5.74) is 1.93. The Morgan fingerprint density at radius 2 is 1.83 bits per heavy atom. The van der Waals surface area contributed by atoms with Gasteiger partial charge >= 0.3 is 0 Å². The van der Waals surface area contributed by atoms with E-state index in [0.717, 1.165) is 47.8 Å². The van der Waals surface area contributed by atoms with E-state index in [9.17, 15) is 9.90 Å². The zero-order chi connectivity index (χ0) is 20.2. The molecule has 29 heavy (non-hydrogen) atoms. The van der Waals surface area contributed by atoms with Crippen LogP contribution in [0.5, 0.6) is 5.75 Å². The van der Waals surface area contributed by atoms with Crippen molar-refractivity contribution >= 4 is 23.4 Å². The second-order valence-corrected chi connectivity index (χ2v) is 8.87. The molecule has 154 valence electrons. The molecule has 0 spiro atoms. The third kappa shape index (κ3) is 4.60. The molecule has 2 aromatic rings. The molecule has 0 radical (unpaired) electrons. The van der Waals surface area contributed by atoms with Gasteiger partial charge in [0.1, 0.15) is 5.75 Å². The second-order valence-electron chi connectivity index (χ2n) is 7.69. The van der Waals surface area contributed by atoms with Gasteiger partial charge in [0.25, 0.3) is 0 Å². The summed E-state index contributed by atoms with van der Waals surface area (Å²) < 4.78 is 5.26. The number of thioether (sulfide) groups is 1. The molecule has 1 amide bonds. The molecule has 0 saturated carbocycles. The van der Waals surface area contributed by atoms with Crippen LogP contribution in [-0.4, -0.2) is 55.3 Å². The number of fused-ring (bicyclic) bond motifs is 1. The maximum atomic E-state index is 13.2. The predicted molar refractivity (Wildman–Crippen MR) is 117 cm³/mol. The Morgan fingerprint density at radius 3 is 2.55 bits per heavy atom. The maximum Gasteiger partial charge on any atom is 0.241 e. The fourth-order valence-corrected chi connectivity index (χ4v) is 5.36. The summed E-state index contributed by atoms with van der Waals surface area (Å²) in [4.78, 5) is 18.2. The Morgan fingerprint density at radius 1 is 1.10 bits per heavy atom. The van der Waals surface area contributed by atoms with Crippen molar-refractivity contribution in [1.82, 2.24) is 4.90 Å². The lowest BCUT2D eigenvalue weighted by Gasteiger charge is -2.30. The fraction of sp³-hybridized carbons (Fsp3) is 0.435. The number of benzene rings is 2. The number of aliphatic hydroxyl groups is 1. The lowest BCUT2D eigenvalue weighted by atomic mass is 10.1. The van der Waals surface area contributed by atoms with Crippen LogP contribution in [0.15, 0.2) is 53.4 Å². The highest BCUT2D eigenvalue weighted by atomic mass is 32.2. The van der Waals surface area contributed by atoms with Crippen molar-refractivity contribution in [3.63, 3.8) is 0 Å². The third-order valence-corrected chi connectivity index (χ3v) is 7.12. The van der Waals surface area contributed by atoms with Crippen molar-refractivity contribution in [1.29, 1.82) is 0 Å². The lowest BCUT2D eigenvalue weighted by molar-refractivity contribution is -0.120. The summed E-state index contributed by atoms with van der Waals surface area (Å²) >= 11 is 1.62. The molecule has 1 fully saturated rings. The molecular formula is C23H28N2O3S. The first-order valence-corrected chi connectivity index (χ1v) is 11.1. The first-order valence-electron chi connectivity index (χ1n) is 10.3. The van der Waals surface area contributed by atoms with Gasteiger partial charge in [-0.1, -0.05) is 30.7 Å². The van der Waals surface area contributed by atoms with E-state index in [2.05, 4.69) is 4.90 Å². The number of hydrogen-bond donors (Lipinski definition) is 1. The third-order valence-electron chi connectivity index (χ3n) is 5.68. The van der Waals surface area contributed by atoms with Crippen molar-refractivity contribution < 1.29 is 14.6 Å². The van der Waals surface area contributed by atoms with Crippen LogP contribution in [-0.2, 0) is 4.79 Å². The van der Waals surface area contributed by atoms with Crippen LogP contribution in [0.2, 0.25) is 0 Å². The molecule has 4 rings (SSSR count). The topological polar surface area (TPSA) is 53.0 Å². The number of carbonyl (C=O) groups is 1. The van der Waals surface area contributed by atoms with Gasteiger partial charge < -0.3 is 14.7 Å². The van der Waals surface area contributed by atoms with Crippen LogP contribution in [0.4, 0.5) is 5.69 Å². The quantitative estimate of drug-likeness (QED) is 0.829. The number of methoxy groups -OCH3 is 1. The summed E-state index contributed by atoms with van der Waals surface area (Å²) in [6.45, 7) is 2.67. The SMILES string of the molecule is COc1ccc([C@@H]2Sc3ccccc3N(C(=O)CN3CCCCC3)C[C@@H]2O)cc1.